The zero-order valence-electron chi connectivity index (χ0n) is 16.8. The number of pyridine rings is 1. The summed E-state index contributed by atoms with van der Waals surface area (Å²) in [5.41, 5.74) is 7.13. The van der Waals surface area contributed by atoms with Gasteiger partial charge in [0.2, 0.25) is 0 Å². The van der Waals surface area contributed by atoms with Crippen LogP contribution in [-0.4, -0.2) is 14.5 Å². The van der Waals surface area contributed by atoms with Crippen LogP contribution < -0.4 is 0 Å². The molecule has 4 rings (SSSR count). The van der Waals surface area contributed by atoms with Crippen LogP contribution in [-0.2, 0) is 12.0 Å². The molecule has 0 aliphatic carbocycles. The SMILES string of the molecule is CC(C)Cn1cnc2cnc3ccc(-c4ccc(C(C)(C)C)cc4)cc3c21. The predicted octanol–water partition coefficient (Wildman–Crippen LogP) is 6.21. The molecule has 3 heteroatoms. The molecule has 3 nitrogen and oxygen atoms in total. The summed E-state index contributed by atoms with van der Waals surface area (Å²) in [6.07, 6.45) is 3.82. The van der Waals surface area contributed by atoms with Gasteiger partial charge in [0.05, 0.1) is 23.6 Å². The summed E-state index contributed by atoms with van der Waals surface area (Å²) in [6, 6.07) is 15.5. The molecule has 0 aliphatic rings. The molecule has 0 aliphatic heterocycles. The lowest BCUT2D eigenvalue weighted by Crippen LogP contribution is -2.10. The molecule has 0 atom stereocenters. The summed E-state index contributed by atoms with van der Waals surface area (Å²) < 4.78 is 2.26. The zero-order valence-corrected chi connectivity index (χ0v) is 16.8. The Morgan fingerprint density at radius 3 is 2.26 bits per heavy atom. The first kappa shape index (κ1) is 17.7. The molecular weight excluding hydrogens is 330 g/mol. The first-order valence-corrected chi connectivity index (χ1v) is 9.67. The first-order chi connectivity index (χ1) is 12.8. The van der Waals surface area contributed by atoms with Crippen LogP contribution in [0, 0.1) is 5.92 Å². The van der Waals surface area contributed by atoms with E-state index in [0.29, 0.717) is 5.92 Å². The third-order valence-corrected chi connectivity index (χ3v) is 5.09. The van der Waals surface area contributed by atoms with Crippen molar-refractivity contribution in [1.29, 1.82) is 0 Å². The number of hydrogen-bond donors (Lipinski definition) is 0. The van der Waals surface area contributed by atoms with E-state index in [1.165, 1.54) is 27.6 Å². The molecule has 27 heavy (non-hydrogen) atoms. The highest BCUT2D eigenvalue weighted by Crippen LogP contribution is 2.30. The van der Waals surface area contributed by atoms with Gasteiger partial charge in [-0.1, -0.05) is 65.0 Å². The minimum atomic E-state index is 0.168. The highest BCUT2D eigenvalue weighted by Gasteiger charge is 2.14. The summed E-state index contributed by atoms with van der Waals surface area (Å²) in [7, 11) is 0. The van der Waals surface area contributed by atoms with Crippen LogP contribution in [0.25, 0.3) is 33.1 Å². The second-order valence-corrected chi connectivity index (χ2v) is 8.84. The fourth-order valence-electron chi connectivity index (χ4n) is 3.63. The van der Waals surface area contributed by atoms with Gasteiger partial charge in [-0.25, -0.2) is 4.98 Å². The van der Waals surface area contributed by atoms with E-state index >= 15 is 0 Å². The Labute approximate surface area is 161 Å². The Balaban J connectivity index is 1.85. The van der Waals surface area contributed by atoms with Crippen LogP contribution >= 0.6 is 0 Å². The van der Waals surface area contributed by atoms with Crippen molar-refractivity contribution >= 4 is 21.9 Å². The number of imidazole rings is 1. The zero-order chi connectivity index (χ0) is 19.2. The Morgan fingerprint density at radius 2 is 1.59 bits per heavy atom. The minimum absolute atomic E-state index is 0.168. The molecule has 2 heterocycles. The van der Waals surface area contributed by atoms with Crippen molar-refractivity contribution in [3.05, 3.63) is 60.6 Å². The normalized spacial score (nSPS) is 12.4. The van der Waals surface area contributed by atoms with E-state index in [0.717, 1.165) is 17.6 Å². The molecule has 2 aromatic carbocycles. The van der Waals surface area contributed by atoms with Crippen molar-refractivity contribution in [1.82, 2.24) is 14.5 Å². The number of fused-ring (bicyclic) bond motifs is 3. The summed E-state index contributed by atoms with van der Waals surface area (Å²) in [6.45, 7) is 12.2. The van der Waals surface area contributed by atoms with Gasteiger partial charge in [0.1, 0.15) is 5.52 Å². The van der Waals surface area contributed by atoms with Gasteiger partial charge in [-0.15, -0.1) is 0 Å². The average molecular weight is 358 g/mol. The number of hydrogen-bond acceptors (Lipinski definition) is 2. The number of aromatic nitrogens is 3. The third-order valence-electron chi connectivity index (χ3n) is 5.09. The average Bonchev–Trinajstić information content (AvgIpc) is 3.03. The summed E-state index contributed by atoms with van der Waals surface area (Å²) in [5, 5.41) is 1.17. The lowest BCUT2D eigenvalue weighted by Gasteiger charge is -2.19. The Bertz CT molecular complexity index is 1100. The Morgan fingerprint density at radius 1 is 0.889 bits per heavy atom. The van der Waals surface area contributed by atoms with Gasteiger partial charge in [-0.05, 0) is 40.2 Å². The lowest BCUT2D eigenvalue weighted by atomic mass is 9.86. The fourth-order valence-corrected chi connectivity index (χ4v) is 3.63. The van der Waals surface area contributed by atoms with Gasteiger partial charge in [0, 0.05) is 11.9 Å². The van der Waals surface area contributed by atoms with Crippen LogP contribution in [0.3, 0.4) is 0 Å². The van der Waals surface area contributed by atoms with E-state index in [1.54, 1.807) is 0 Å². The van der Waals surface area contributed by atoms with Crippen molar-refractivity contribution in [2.45, 2.75) is 46.6 Å². The van der Waals surface area contributed by atoms with E-state index in [9.17, 15) is 0 Å². The van der Waals surface area contributed by atoms with Gasteiger partial charge < -0.3 is 4.57 Å². The molecule has 2 aromatic heterocycles. The van der Waals surface area contributed by atoms with Crippen LogP contribution in [0.1, 0.15) is 40.2 Å². The van der Waals surface area contributed by atoms with E-state index in [4.69, 9.17) is 0 Å². The number of benzene rings is 2. The highest BCUT2D eigenvalue weighted by atomic mass is 15.0. The van der Waals surface area contributed by atoms with E-state index in [-0.39, 0.29) is 5.41 Å². The van der Waals surface area contributed by atoms with Crippen LogP contribution in [0.2, 0.25) is 0 Å². The molecule has 0 saturated heterocycles. The maximum Gasteiger partial charge on any atom is 0.107 e. The molecule has 0 spiro atoms. The molecule has 0 amide bonds. The first-order valence-electron chi connectivity index (χ1n) is 9.67. The Kier molecular flexibility index (Phi) is 4.26. The third kappa shape index (κ3) is 3.34. The standard InChI is InChI=1S/C24H27N3/c1-16(2)14-27-15-26-22-13-25-21-11-8-18(12-20(21)23(22)27)17-6-9-19(10-7-17)24(3,4)5/h6-13,15-16H,14H2,1-5H3. The van der Waals surface area contributed by atoms with Crippen LogP contribution in [0.15, 0.2) is 55.0 Å². The van der Waals surface area contributed by atoms with Crippen molar-refractivity contribution in [2.75, 3.05) is 0 Å². The van der Waals surface area contributed by atoms with Crippen LogP contribution in [0.4, 0.5) is 0 Å². The quantitative estimate of drug-likeness (QED) is 0.437. The van der Waals surface area contributed by atoms with Gasteiger partial charge in [-0.2, -0.15) is 0 Å². The van der Waals surface area contributed by atoms with Gasteiger partial charge in [0.25, 0.3) is 0 Å². The number of rotatable bonds is 3. The topological polar surface area (TPSA) is 30.7 Å². The van der Waals surface area contributed by atoms with Crippen molar-refractivity contribution in [2.24, 2.45) is 5.92 Å². The van der Waals surface area contributed by atoms with Crippen LogP contribution in [0.5, 0.6) is 0 Å². The van der Waals surface area contributed by atoms with Crippen molar-refractivity contribution < 1.29 is 0 Å². The molecule has 138 valence electrons. The molecule has 0 N–H and O–H groups in total. The molecule has 4 aromatic rings. The molecule has 0 fully saturated rings. The summed E-state index contributed by atoms with van der Waals surface area (Å²) in [4.78, 5) is 9.17. The van der Waals surface area contributed by atoms with Gasteiger partial charge >= 0.3 is 0 Å². The highest BCUT2D eigenvalue weighted by molar-refractivity contribution is 6.03. The van der Waals surface area contributed by atoms with E-state index in [2.05, 4.69) is 91.6 Å². The predicted molar refractivity (Wildman–Crippen MR) is 114 cm³/mol. The summed E-state index contributed by atoms with van der Waals surface area (Å²) in [5.74, 6) is 0.568. The van der Waals surface area contributed by atoms with Gasteiger partial charge in [0.15, 0.2) is 0 Å². The minimum Gasteiger partial charge on any atom is -0.330 e. The summed E-state index contributed by atoms with van der Waals surface area (Å²) >= 11 is 0. The van der Waals surface area contributed by atoms with E-state index < -0.39 is 0 Å². The maximum absolute atomic E-state index is 4.61. The molecule has 0 unspecified atom stereocenters. The smallest absolute Gasteiger partial charge is 0.107 e. The largest absolute Gasteiger partial charge is 0.330 e. The molecule has 0 bridgehead atoms. The monoisotopic (exact) mass is 357 g/mol. The second kappa shape index (κ2) is 6.49. The maximum atomic E-state index is 4.61. The molecule has 0 saturated carbocycles. The van der Waals surface area contributed by atoms with Gasteiger partial charge in [-0.3, -0.25) is 4.98 Å². The van der Waals surface area contributed by atoms with Crippen molar-refractivity contribution in [3.63, 3.8) is 0 Å². The molecule has 0 radical (unpaired) electrons. The van der Waals surface area contributed by atoms with E-state index in [1.807, 2.05) is 12.5 Å². The van der Waals surface area contributed by atoms with Crippen molar-refractivity contribution in [3.8, 4) is 11.1 Å². The Hall–Kier alpha value is -2.68. The number of nitrogens with zero attached hydrogens (tertiary/aromatic N) is 3. The lowest BCUT2D eigenvalue weighted by molar-refractivity contribution is 0.533. The second-order valence-electron chi connectivity index (χ2n) is 8.84. The molecular formula is C24H27N3. The fraction of sp³-hybridized carbons (Fsp3) is 0.333.